The van der Waals surface area contributed by atoms with Gasteiger partial charge in [0.05, 0.1) is 0 Å². The van der Waals surface area contributed by atoms with Crippen LogP contribution in [0.15, 0.2) is 0 Å². The number of alkyl halides is 1. The third-order valence-corrected chi connectivity index (χ3v) is 2.77. The molecule has 10 heavy (non-hydrogen) atoms. The van der Waals surface area contributed by atoms with Crippen LogP contribution in [0.3, 0.4) is 0 Å². The molecule has 2 rings (SSSR count). The monoisotopic (exact) mass is 143 g/mol. The van der Waals surface area contributed by atoms with Crippen LogP contribution in [0, 0.1) is 11.8 Å². The summed E-state index contributed by atoms with van der Waals surface area (Å²) in [6, 6.07) is 0.652. The van der Waals surface area contributed by atoms with Gasteiger partial charge in [0.1, 0.15) is 6.67 Å². The minimum Gasteiger partial charge on any atom is -0.311 e. The van der Waals surface area contributed by atoms with Gasteiger partial charge in [0, 0.05) is 12.6 Å². The lowest BCUT2D eigenvalue weighted by Crippen LogP contribution is -2.29. The van der Waals surface area contributed by atoms with Gasteiger partial charge in [-0.2, -0.15) is 0 Å². The molecule has 0 bridgehead atoms. The first kappa shape index (κ1) is 6.59. The van der Waals surface area contributed by atoms with Crippen molar-refractivity contribution in [3.05, 3.63) is 0 Å². The molecule has 0 aromatic heterocycles. The van der Waals surface area contributed by atoms with E-state index in [1.165, 1.54) is 19.3 Å². The van der Waals surface area contributed by atoms with Crippen LogP contribution in [0.5, 0.6) is 0 Å². The summed E-state index contributed by atoms with van der Waals surface area (Å²) in [5.41, 5.74) is 0. The average molecular weight is 143 g/mol. The van der Waals surface area contributed by atoms with Crippen molar-refractivity contribution < 1.29 is 4.39 Å². The number of halogens is 1. The molecule has 0 spiro atoms. The van der Waals surface area contributed by atoms with Crippen molar-refractivity contribution in [1.82, 2.24) is 5.32 Å². The summed E-state index contributed by atoms with van der Waals surface area (Å²) >= 11 is 0. The van der Waals surface area contributed by atoms with Crippen molar-refractivity contribution in [2.24, 2.45) is 11.8 Å². The van der Waals surface area contributed by atoms with Crippen LogP contribution in [0.2, 0.25) is 0 Å². The quantitative estimate of drug-likeness (QED) is 0.628. The highest BCUT2D eigenvalue weighted by atomic mass is 19.1. The molecule has 2 fully saturated rings. The molecule has 2 atom stereocenters. The summed E-state index contributed by atoms with van der Waals surface area (Å²) in [6.45, 7) is 0.343. The predicted molar refractivity (Wildman–Crippen MR) is 38.6 cm³/mol. The molecule has 2 heteroatoms. The lowest BCUT2D eigenvalue weighted by atomic mass is 10.2. The Morgan fingerprint density at radius 2 is 1.90 bits per heavy atom. The van der Waals surface area contributed by atoms with E-state index in [-0.39, 0.29) is 6.67 Å². The summed E-state index contributed by atoms with van der Waals surface area (Å²) in [4.78, 5) is 0. The van der Waals surface area contributed by atoms with Gasteiger partial charge in [-0.05, 0) is 31.1 Å². The van der Waals surface area contributed by atoms with Crippen LogP contribution in [-0.2, 0) is 0 Å². The SMILES string of the molecule is FCCNC1CC2CC2C1. The van der Waals surface area contributed by atoms with Gasteiger partial charge in [0.25, 0.3) is 0 Å². The summed E-state index contributed by atoms with van der Waals surface area (Å²) in [5, 5.41) is 3.22. The molecule has 2 aliphatic carbocycles. The normalized spacial score (nSPS) is 43.5. The largest absolute Gasteiger partial charge is 0.311 e. The minimum absolute atomic E-state index is 0.216. The van der Waals surface area contributed by atoms with Gasteiger partial charge in [0.2, 0.25) is 0 Å². The van der Waals surface area contributed by atoms with E-state index in [9.17, 15) is 4.39 Å². The van der Waals surface area contributed by atoms with Crippen LogP contribution in [0.4, 0.5) is 4.39 Å². The molecular formula is C8H14FN. The first-order chi connectivity index (χ1) is 4.90. The number of nitrogens with one attached hydrogen (secondary N) is 1. The van der Waals surface area contributed by atoms with E-state index in [0.29, 0.717) is 12.6 Å². The van der Waals surface area contributed by atoms with Crippen molar-refractivity contribution in [2.75, 3.05) is 13.2 Å². The Hall–Kier alpha value is -0.110. The fraction of sp³-hybridized carbons (Fsp3) is 1.00. The Balaban J connectivity index is 1.66. The number of rotatable bonds is 3. The van der Waals surface area contributed by atoms with Gasteiger partial charge in [-0.3, -0.25) is 0 Å². The number of hydrogen-bond acceptors (Lipinski definition) is 1. The van der Waals surface area contributed by atoms with Crippen molar-refractivity contribution in [2.45, 2.75) is 25.3 Å². The molecule has 1 N–H and O–H groups in total. The highest BCUT2D eigenvalue weighted by Crippen LogP contribution is 2.51. The third-order valence-electron chi connectivity index (χ3n) is 2.77. The fourth-order valence-electron chi connectivity index (χ4n) is 2.14. The number of hydrogen-bond donors (Lipinski definition) is 1. The van der Waals surface area contributed by atoms with E-state index in [4.69, 9.17) is 0 Å². The smallest absolute Gasteiger partial charge is 0.102 e. The van der Waals surface area contributed by atoms with Crippen molar-refractivity contribution >= 4 is 0 Å². The second-order valence-electron chi connectivity index (χ2n) is 3.57. The van der Waals surface area contributed by atoms with E-state index in [1.54, 1.807) is 0 Å². The highest BCUT2D eigenvalue weighted by molar-refractivity contribution is 4.98. The Morgan fingerprint density at radius 3 is 2.50 bits per heavy atom. The van der Waals surface area contributed by atoms with E-state index < -0.39 is 0 Å². The minimum atomic E-state index is -0.216. The maximum absolute atomic E-state index is 11.7. The summed E-state index contributed by atoms with van der Waals surface area (Å²) < 4.78 is 11.7. The second-order valence-corrected chi connectivity index (χ2v) is 3.57. The Kier molecular flexibility index (Phi) is 1.65. The Labute approximate surface area is 61.0 Å². The Morgan fingerprint density at radius 1 is 1.20 bits per heavy atom. The van der Waals surface area contributed by atoms with Crippen LogP contribution >= 0.6 is 0 Å². The Bertz CT molecular complexity index is 116. The molecule has 0 aromatic rings. The standard InChI is InChI=1S/C8H14FN/c9-1-2-10-8-4-6-3-7(6)5-8/h6-8,10H,1-5H2. The van der Waals surface area contributed by atoms with Gasteiger partial charge >= 0.3 is 0 Å². The summed E-state index contributed by atoms with van der Waals surface area (Å²) in [6.07, 6.45) is 4.07. The molecule has 1 nitrogen and oxygen atoms in total. The molecule has 2 unspecified atom stereocenters. The average Bonchev–Trinajstić information content (AvgIpc) is 2.56. The molecule has 0 radical (unpaired) electrons. The van der Waals surface area contributed by atoms with Crippen molar-refractivity contribution in [3.63, 3.8) is 0 Å². The zero-order valence-electron chi connectivity index (χ0n) is 6.15. The van der Waals surface area contributed by atoms with Crippen LogP contribution in [0.1, 0.15) is 19.3 Å². The molecule has 2 saturated carbocycles. The summed E-state index contributed by atoms with van der Waals surface area (Å²) in [7, 11) is 0. The van der Waals surface area contributed by atoms with Gasteiger partial charge in [-0.1, -0.05) is 0 Å². The zero-order chi connectivity index (χ0) is 6.97. The fourth-order valence-corrected chi connectivity index (χ4v) is 2.14. The molecule has 58 valence electrons. The topological polar surface area (TPSA) is 12.0 Å². The zero-order valence-corrected chi connectivity index (χ0v) is 6.15. The molecular weight excluding hydrogens is 129 g/mol. The molecule has 0 aromatic carbocycles. The summed E-state index contributed by atoms with van der Waals surface area (Å²) in [5.74, 6) is 2.02. The van der Waals surface area contributed by atoms with Crippen LogP contribution in [0.25, 0.3) is 0 Å². The molecule has 2 aliphatic rings. The third kappa shape index (κ3) is 1.17. The van der Waals surface area contributed by atoms with Crippen molar-refractivity contribution in [3.8, 4) is 0 Å². The van der Waals surface area contributed by atoms with Crippen molar-refractivity contribution in [1.29, 1.82) is 0 Å². The molecule has 0 heterocycles. The second kappa shape index (κ2) is 2.50. The highest BCUT2D eigenvalue weighted by Gasteiger charge is 2.45. The van der Waals surface area contributed by atoms with E-state index in [2.05, 4.69) is 5.32 Å². The van der Waals surface area contributed by atoms with Gasteiger partial charge < -0.3 is 5.32 Å². The maximum atomic E-state index is 11.7. The van der Waals surface area contributed by atoms with Gasteiger partial charge in [-0.25, -0.2) is 4.39 Å². The van der Waals surface area contributed by atoms with Gasteiger partial charge in [-0.15, -0.1) is 0 Å². The van der Waals surface area contributed by atoms with Gasteiger partial charge in [0.15, 0.2) is 0 Å². The first-order valence-electron chi connectivity index (χ1n) is 4.19. The number of fused-ring (bicyclic) bond motifs is 1. The van der Waals surface area contributed by atoms with Crippen LogP contribution < -0.4 is 5.32 Å². The predicted octanol–water partition coefficient (Wildman–Crippen LogP) is 1.34. The van der Waals surface area contributed by atoms with E-state index >= 15 is 0 Å². The molecule has 0 amide bonds. The first-order valence-corrected chi connectivity index (χ1v) is 4.19. The van der Waals surface area contributed by atoms with Crippen LogP contribution in [-0.4, -0.2) is 19.3 Å². The van der Waals surface area contributed by atoms with E-state index in [1.807, 2.05) is 0 Å². The maximum Gasteiger partial charge on any atom is 0.102 e. The molecule has 0 saturated heterocycles. The van der Waals surface area contributed by atoms with E-state index in [0.717, 1.165) is 11.8 Å². The lowest BCUT2D eigenvalue weighted by molar-refractivity contribution is 0.416. The lowest BCUT2D eigenvalue weighted by Gasteiger charge is -2.11. The molecule has 0 aliphatic heterocycles.